The molecule has 2 aromatic heterocycles. The molecule has 2 aromatic carbocycles. The number of ether oxygens (including phenoxy) is 3. The van der Waals surface area contributed by atoms with Gasteiger partial charge >= 0.3 is 6.09 Å². The summed E-state index contributed by atoms with van der Waals surface area (Å²) in [5, 5.41) is 4.42. The number of benzene rings is 2. The number of hydrogen-bond acceptors (Lipinski definition) is 6. The van der Waals surface area contributed by atoms with Crippen LogP contribution >= 0.6 is 15.9 Å². The Bertz CT molecular complexity index is 1660. The van der Waals surface area contributed by atoms with Crippen LogP contribution in [0.15, 0.2) is 51.9 Å². The zero-order chi connectivity index (χ0) is 30.8. The van der Waals surface area contributed by atoms with Crippen LogP contribution in [-0.2, 0) is 11.3 Å². The number of carbonyl (C=O) groups excluding carboxylic acids is 1. The maximum Gasteiger partial charge on any atom is 0.407 e. The molecule has 2 heterocycles. The van der Waals surface area contributed by atoms with Gasteiger partial charge in [0.2, 0.25) is 0 Å². The number of halogens is 2. The Balaban J connectivity index is 1.80. The first-order valence-corrected chi connectivity index (χ1v) is 14.6. The first-order chi connectivity index (χ1) is 19.8. The predicted octanol–water partition coefficient (Wildman–Crippen LogP) is 7.13. The average Bonchev–Trinajstić information content (AvgIpc) is 2.89. The molecule has 0 unspecified atom stereocenters. The highest BCUT2D eigenvalue weighted by Gasteiger charge is 2.25. The molecule has 10 heteroatoms. The fraction of sp³-hybridized carbons (Fsp3) is 0.406. The molecule has 8 nitrogen and oxygen atoms in total. The summed E-state index contributed by atoms with van der Waals surface area (Å²) in [6, 6.07) is 10.3. The van der Waals surface area contributed by atoms with Crippen LogP contribution in [0.25, 0.3) is 21.7 Å². The maximum absolute atomic E-state index is 16.6. The standard InChI is InChI=1S/C32H37BrFN3O5/c1-18(2)14-21(36-31(39)42-32(4,5)6)17-41-29-25(33)15-24-23-12-13-35-19(3)26(23)30(38)37(28(24)27(29)34)16-20-8-10-22(40-7)11-9-20/h8-13,15,18,21H,14,16-17H2,1-7H3,(H,36,39)/t21-/m0/s1. The van der Waals surface area contributed by atoms with Crippen molar-refractivity contribution in [3.05, 3.63) is 74.5 Å². The van der Waals surface area contributed by atoms with Crippen LogP contribution in [0.1, 0.15) is 52.3 Å². The van der Waals surface area contributed by atoms with Gasteiger partial charge in [0, 0.05) is 17.0 Å². The highest BCUT2D eigenvalue weighted by molar-refractivity contribution is 9.10. The van der Waals surface area contributed by atoms with Crippen molar-refractivity contribution in [3.8, 4) is 11.5 Å². The van der Waals surface area contributed by atoms with Crippen LogP contribution in [0.3, 0.4) is 0 Å². The Morgan fingerprint density at radius 1 is 1.14 bits per heavy atom. The van der Waals surface area contributed by atoms with E-state index in [1.165, 1.54) is 4.57 Å². The molecule has 0 radical (unpaired) electrons. The Morgan fingerprint density at radius 2 is 1.83 bits per heavy atom. The van der Waals surface area contributed by atoms with Gasteiger partial charge in [-0.05, 0) is 85.8 Å². The van der Waals surface area contributed by atoms with Crippen molar-refractivity contribution in [1.82, 2.24) is 14.9 Å². The molecular formula is C32H37BrFN3O5. The number of amides is 1. The van der Waals surface area contributed by atoms with Crippen LogP contribution in [0.2, 0.25) is 0 Å². The molecule has 4 aromatic rings. The maximum atomic E-state index is 16.6. The molecule has 0 spiro atoms. The number of nitrogens with one attached hydrogen (secondary N) is 1. The molecule has 1 N–H and O–H groups in total. The Hall–Kier alpha value is -3.66. The number of alkyl carbamates (subject to hydrolysis) is 1. The van der Waals surface area contributed by atoms with E-state index in [2.05, 4.69) is 26.2 Å². The number of rotatable bonds is 9. The lowest BCUT2D eigenvalue weighted by Crippen LogP contribution is -2.42. The van der Waals surface area contributed by atoms with Crippen molar-refractivity contribution in [2.24, 2.45) is 5.92 Å². The van der Waals surface area contributed by atoms with E-state index in [0.717, 1.165) is 5.56 Å². The number of fused-ring (bicyclic) bond motifs is 3. The normalized spacial score (nSPS) is 12.5. The number of aryl methyl sites for hydroxylation is 1. The lowest BCUT2D eigenvalue weighted by molar-refractivity contribution is 0.0479. The summed E-state index contributed by atoms with van der Waals surface area (Å²) in [4.78, 5) is 30.7. The minimum Gasteiger partial charge on any atom is -0.497 e. The van der Waals surface area contributed by atoms with Crippen molar-refractivity contribution in [2.45, 2.75) is 66.2 Å². The molecule has 0 saturated heterocycles. The van der Waals surface area contributed by atoms with E-state index < -0.39 is 23.6 Å². The zero-order valence-electron chi connectivity index (χ0n) is 25.0. The fourth-order valence-corrected chi connectivity index (χ4v) is 5.47. The van der Waals surface area contributed by atoms with Gasteiger partial charge in [-0.1, -0.05) is 26.0 Å². The van der Waals surface area contributed by atoms with Crippen LogP contribution < -0.4 is 20.3 Å². The quantitative estimate of drug-likeness (QED) is 0.195. The van der Waals surface area contributed by atoms with E-state index in [1.807, 2.05) is 26.0 Å². The Labute approximate surface area is 253 Å². The molecule has 1 amide bonds. The molecule has 0 saturated carbocycles. The first-order valence-electron chi connectivity index (χ1n) is 13.8. The van der Waals surface area contributed by atoms with Gasteiger partial charge in [0.1, 0.15) is 18.0 Å². The third kappa shape index (κ3) is 7.03. The van der Waals surface area contributed by atoms with E-state index in [1.54, 1.807) is 65.3 Å². The van der Waals surface area contributed by atoms with Crippen molar-refractivity contribution >= 4 is 43.7 Å². The monoisotopic (exact) mass is 641 g/mol. The number of aromatic nitrogens is 2. The largest absolute Gasteiger partial charge is 0.497 e. The molecule has 0 aliphatic rings. The summed E-state index contributed by atoms with van der Waals surface area (Å²) in [5.74, 6) is 0.185. The van der Waals surface area contributed by atoms with E-state index in [4.69, 9.17) is 14.2 Å². The molecule has 1 atom stereocenters. The molecule has 42 heavy (non-hydrogen) atoms. The van der Waals surface area contributed by atoms with Crippen molar-refractivity contribution in [1.29, 1.82) is 0 Å². The minimum atomic E-state index is -0.679. The molecule has 4 rings (SSSR count). The number of nitrogens with zero attached hydrogens (tertiary/aromatic N) is 2. The van der Waals surface area contributed by atoms with Crippen LogP contribution in [0, 0.1) is 18.7 Å². The van der Waals surface area contributed by atoms with E-state index in [-0.39, 0.29) is 35.9 Å². The Kier molecular flexibility index (Phi) is 9.45. The van der Waals surface area contributed by atoms with Gasteiger partial charge in [-0.2, -0.15) is 0 Å². The molecule has 0 fully saturated rings. The van der Waals surface area contributed by atoms with Crippen molar-refractivity contribution in [3.63, 3.8) is 0 Å². The lowest BCUT2D eigenvalue weighted by atomic mass is 10.0. The number of pyridine rings is 2. The molecule has 0 aliphatic carbocycles. The summed E-state index contributed by atoms with van der Waals surface area (Å²) >= 11 is 3.50. The lowest BCUT2D eigenvalue weighted by Gasteiger charge is -2.25. The van der Waals surface area contributed by atoms with Crippen LogP contribution in [0.5, 0.6) is 11.5 Å². The van der Waals surface area contributed by atoms with Crippen LogP contribution in [-0.4, -0.2) is 41.0 Å². The first kappa shape index (κ1) is 31.3. The molecule has 0 bridgehead atoms. The molecular weight excluding hydrogens is 605 g/mol. The predicted molar refractivity (Wildman–Crippen MR) is 166 cm³/mol. The van der Waals surface area contributed by atoms with Gasteiger partial charge in [0.15, 0.2) is 11.6 Å². The number of hydrogen-bond donors (Lipinski definition) is 1. The average molecular weight is 643 g/mol. The van der Waals surface area contributed by atoms with Gasteiger partial charge in [-0.15, -0.1) is 0 Å². The smallest absolute Gasteiger partial charge is 0.407 e. The zero-order valence-corrected chi connectivity index (χ0v) is 26.6. The second kappa shape index (κ2) is 12.7. The fourth-order valence-electron chi connectivity index (χ4n) is 4.95. The summed E-state index contributed by atoms with van der Waals surface area (Å²) in [7, 11) is 1.58. The van der Waals surface area contributed by atoms with E-state index in [0.29, 0.717) is 38.5 Å². The van der Waals surface area contributed by atoms with Gasteiger partial charge in [0.25, 0.3) is 5.56 Å². The highest BCUT2D eigenvalue weighted by Crippen LogP contribution is 2.37. The number of carbonyl (C=O) groups is 1. The molecule has 0 aliphatic heterocycles. The van der Waals surface area contributed by atoms with E-state index in [9.17, 15) is 9.59 Å². The third-order valence-corrected chi connectivity index (χ3v) is 7.30. The summed E-state index contributed by atoms with van der Waals surface area (Å²) in [6.45, 7) is 11.3. The van der Waals surface area contributed by atoms with Gasteiger partial charge in [-0.3, -0.25) is 9.78 Å². The second-order valence-electron chi connectivity index (χ2n) is 11.7. The van der Waals surface area contributed by atoms with Gasteiger partial charge in [-0.25, -0.2) is 9.18 Å². The summed E-state index contributed by atoms with van der Waals surface area (Å²) in [5.41, 5.74) is 0.460. The van der Waals surface area contributed by atoms with E-state index >= 15 is 4.39 Å². The highest BCUT2D eigenvalue weighted by atomic mass is 79.9. The Morgan fingerprint density at radius 3 is 2.45 bits per heavy atom. The summed E-state index contributed by atoms with van der Waals surface area (Å²) in [6.07, 6.45) is 1.63. The third-order valence-electron chi connectivity index (χ3n) is 6.72. The van der Waals surface area contributed by atoms with Gasteiger partial charge < -0.3 is 24.1 Å². The number of methoxy groups -OCH3 is 1. The second-order valence-corrected chi connectivity index (χ2v) is 12.6. The topological polar surface area (TPSA) is 91.7 Å². The SMILES string of the molecule is COc1ccc(Cn2c(=O)c3c(C)nccc3c3cc(Br)c(OC[C@H](CC(C)C)NC(=O)OC(C)(C)C)c(F)c32)cc1. The van der Waals surface area contributed by atoms with Gasteiger partial charge in [0.05, 0.1) is 40.8 Å². The van der Waals surface area contributed by atoms with Crippen molar-refractivity contribution in [2.75, 3.05) is 13.7 Å². The minimum absolute atomic E-state index is 0.00221. The van der Waals surface area contributed by atoms with Crippen LogP contribution in [0.4, 0.5) is 9.18 Å². The molecule has 224 valence electrons. The van der Waals surface area contributed by atoms with Crippen molar-refractivity contribution < 1.29 is 23.4 Å². The summed E-state index contributed by atoms with van der Waals surface area (Å²) < 4.78 is 35.1.